The highest BCUT2D eigenvalue weighted by atomic mass is 35.5. The quantitative estimate of drug-likeness (QED) is 0.591. The molecular weight excluding hydrogens is 373 g/mol. The van der Waals surface area contributed by atoms with Gasteiger partial charge in [0.2, 0.25) is 0 Å². The molecule has 0 radical (unpaired) electrons. The van der Waals surface area contributed by atoms with E-state index >= 15 is 0 Å². The van der Waals surface area contributed by atoms with E-state index in [0.29, 0.717) is 5.02 Å². The van der Waals surface area contributed by atoms with Crippen molar-refractivity contribution >= 4 is 52.7 Å². The Kier molecular flexibility index (Phi) is 5.54. The molecule has 0 spiro atoms. The highest BCUT2D eigenvalue weighted by molar-refractivity contribution is 6.35. The number of hydrogen-bond acceptors (Lipinski definition) is 5. The van der Waals surface area contributed by atoms with Crippen molar-refractivity contribution in [1.29, 1.82) is 0 Å². The second kappa shape index (κ2) is 7.28. The van der Waals surface area contributed by atoms with Crippen LogP contribution in [0.4, 0.5) is 10.5 Å². The first-order chi connectivity index (χ1) is 11.6. The van der Waals surface area contributed by atoms with Crippen LogP contribution in [0.1, 0.15) is 13.8 Å². The van der Waals surface area contributed by atoms with Gasteiger partial charge >= 0.3 is 12.0 Å². The third kappa shape index (κ3) is 4.61. The number of ether oxygens (including phenoxy) is 1. The Morgan fingerprint density at radius 1 is 1.28 bits per heavy atom. The maximum absolute atomic E-state index is 12.0. The topological polar surface area (TPSA) is 105 Å². The lowest BCUT2D eigenvalue weighted by Gasteiger charge is -2.15. The first-order valence-corrected chi connectivity index (χ1v) is 7.90. The van der Waals surface area contributed by atoms with Crippen molar-refractivity contribution in [2.75, 3.05) is 18.5 Å². The summed E-state index contributed by atoms with van der Waals surface area (Å²) < 4.78 is 4.77. The summed E-state index contributed by atoms with van der Waals surface area (Å²) >= 11 is 11.7. The Labute approximate surface area is 153 Å². The van der Waals surface area contributed by atoms with Gasteiger partial charge in [-0.3, -0.25) is 19.3 Å². The van der Waals surface area contributed by atoms with Gasteiger partial charge < -0.3 is 15.4 Å². The van der Waals surface area contributed by atoms with Crippen molar-refractivity contribution in [3.8, 4) is 0 Å². The third-order valence-electron chi connectivity index (χ3n) is 3.30. The van der Waals surface area contributed by atoms with Gasteiger partial charge in [-0.05, 0) is 32.0 Å². The predicted octanol–water partition coefficient (Wildman–Crippen LogP) is 1.81. The lowest BCUT2D eigenvalue weighted by Crippen LogP contribution is -2.41. The maximum atomic E-state index is 12.0. The minimum Gasteiger partial charge on any atom is -0.454 e. The number of rotatable bonds is 5. The van der Waals surface area contributed by atoms with Crippen molar-refractivity contribution in [2.24, 2.45) is 0 Å². The van der Waals surface area contributed by atoms with E-state index in [2.05, 4.69) is 10.6 Å². The van der Waals surface area contributed by atoms with Crippen LogP contribution in [-0.2, 0) is 19.1 Å². The molecule has 1 heterocycles. The lowest BCUT2D eigenvalue weighted by atomic mass is 10.1. The van der Waals surface area contributed by atoms with Crippen LogP contribution >= 0.6 is 23.2 Å². The highest BCUT2D eigenvalue weighted by Crippen LogP contribution is 2.25. The van der Waals surface area contributed by atoms with E-state index in [1.165, 1.54) is 26.0 Å². The van der Waals surface area contributed by atoms with Gasteiger partial charge in [0.05, 0.1) is 10.7 Å². The zero-order valence-corrected chi connectivity index (χ0v) is 14.9. The molecule has 0 aromatic heterocycles. The Balaban J connectivity index is 1.86. The fourth-order valence-corrected chi connectivity index (χ4v) is 2.40. The van der Waals surface area contributed by atoms with Crippen LogP contribution in [0.25, 0.3) is 0 Å². The number of carbonyl (C=O) groups is 4. The second-order valence-corrected chi connectivity index (χ2v) is 6.62. The molecule has 1 aromatic rings. The minimum atomic E-state index is -1.09. The van der Waals surface area contributed by atoms with Crippen LogP contribution in [0.5, 0.6) is 0 Å². The molecule has 1 fully saturated rings. The van der Waals surface area contributed by atoms with Gasteiger partial charge in [0.25, 0.3) is 11.8 Å². The number of halogens is 2. The summed E-state index contributed by atoms with van der Waals surface area (Å²) in [5, 5.41) is 5.51. The number of imide groups is 1. The summed E-state index contributed by atoms with van der Waals surface area (Å²) in [5.41, 5.74) is -0.816. The van der Waals surface area contributed by atoms with Crippen LogP contribution in [-0.4, -0.2) is 47.4 Å². The molecule has 2 rings (SSSR count). The summed E-state index contributed by atoms with van der Waals surface area (Å²) in [6.07, 6.45) is 0. The Bertz CT molecular complexity index is 751. The first-order valence-electron chi connectivity index (χ1n) is 7.15. The Hall–Kier alpha value is -2.32. The monoisotopic (exact) mass is 387 g/mol. The maximum Gasteiger partial charge on any atom is 0.326 e. The number of hydrogen-bond donors (Lipinski definition) is 2. The van der Waals surface area contributed by atoms with E-state index in [1.807, 2.05) is 0 Å². The van der Waals surface area contributed by atoms with E-state index in [1.54, 1.807) is 6.07 Å². The molecule has 10 heteroatoms. The fourth-order valence-electron chi connectivity index (χ4n) is 2.06. The molecule has 0 atom stereocenters. The van der Waals surface area contributed by atoms with Gasteiger partial charge in [-0.25, -0.2) is 4.79 Å². The highest BCUT2D eigenvalue weighted by Gasteiger charge is 2.45. The largest absolute Gasteiger partial charge is 0.454 e. The molecule has 0 saturated carbocycles. The minimum absolute atomic E-state index is 0.269. The molecule has 4 amide bonds. The summed E-state index contributed by atoms with van der Waals surface area (Å²) in [6.45, 7) is 1.84. The third-order valence-corrected chi connectivity index (χ3v) is 3.86. The molecule has 1 aromatic carbocycles. The van der Waals surface area contributed by atoms with Crippen molar-refractivity contribution in [3.05, 3.63) is 28.2 Å². The number of amides is 4. The average molecular weight is 388 g/mol. The fraction of sp³-hybridized carbons (Fsp3) is 0.333. The van der Waals surface area contributed by atoms with E-state index in [9.17, 15) is 19.2 Å². The number of carbonyl (C=O) groups excluding carboxylic acids is 4. The zero-order valence-electron chi connectivity index (χ0n) is 13.4. The number of nitrogens with one attached hydrogen (secondary N) is 2. The first kappa shape index (κ1) is 19.0. The standard InChI is InChI=1S/C15H15Cl2N3O5/c1-15(2)13(23)20(14(24)19-15)6-12(22)25-7-11(21)18-10-5-8(16)3-4-9(10)17/h3-5H,6-7H2,1-2H3,(H,18,21)(H,19,24). The second-order valence-electron chi connectivity index (χ2n) is 5.78. The number of anilines is 1. The van der Waals surface area contributed by atoms with Gasteiger partial charge in [-0.15, -0.1) is 0 Å². The zero-order chi connectivity index (χ0) is 18.8. The van der Waals surface area contributed by atoms with Gasteiger partial charge in [0.15, 0.2) is 6.61 Å². The summed E-state index contributed by atoms with van der Waals surface area (Å²) in [6, 6.07) is 3.81. The van der Waals surface area contributed by atoms with E-state index in [0.717, 1.165) is 4.90 Å². The summed E-state index contributed by atoms with van der Waals surface area (Å²) in [4.78, 5) is 47.9. The lowest BCUT2D eigenvalue weighted by molar-refractivity contribution is -0.150. The van der Waals surface area contributed by atoms with Crippen LogP contribution in [0.3, 0.4) is 0 Å². The van der Waals surface area contributed by atoms with Crippen LogP contribution < -0.4 is 10.6 Å². The molecule has 1 aliphatic rings. The van der Waals surface area contributed by atoms with E-state index < -0.39 is 42.5 Å². The van der Waals surface area contributed by atoms with E-state index in [4.69, 9.17) is 27.9 Å². The normalized spacial score (nSPS) is 15.8. The van der Waals surface area contributed by atoms with E-state index in [-0.39, 0.29) is 10.7 Å². The van der Waals surface area contributed by atoms with Crippen molar-refractivity contribution < 1.29 is 23.9 Å². The number of nitrogens with zero attached hydrogens (tertiary/aromatic N) is 1. The van der Waals surface area contributed by atoms with Crippen molar-refractivity contribution in [2.45, 2.75) is 19.4 Å². The van der Waals surface area contributed by atoms with Crippen molar-refractivity contribution in [3.63, 3.8) is 0 Å². The number of benzene rings is 1. The van der Waals surface area contributed by atoms with Crippen LogP contribution in [0, 0.1) is 0 Å². The molecule has 0 aliphatic carbocycles. The van der Waals surface area contributed by atoms with Gasteiger partial charge in [-0.2, -0.15) is 0 Å². The molecule has 0 unspecified atom stereocenters. The van der Waals surface area contributed by atoms with Gasteiger partial charge in [0.1, 0.15) is 12.1 Å². The predicted molar refractivity (Wildman–Crippen MR) is 90.4 cm³/mol. The molecule has 25 heavy (non-hydrogen) atoms. The SMILES string of the molecule is CC1(C)NC(=O)N(CC(=O)OCC(=O)Nc2cc(Cl)ccc2Cl)C1=O. The molecular formula is C15H15Cl2N3O5. The molecule has 0 bridgehead atoms. The van der Waals surface area contributed by atoms with Crippen LogP contribution in [0.15, 0.2) is 18.2 Å². The molecule has 8 nitrogen and oxygen atoms in total. The number of esters is 1. The van der Waals surface area contributed by atoms with Gasteiger partial charge in [0, 0.05) is 5.02 Å². The van der Waals surface area contributed by atoms with Crippen LogP contribution in [0.2, 0.25) is 10.0 Å². The van der Waals surface area contributed by atoms with Gasteiger partial charge in [-0.1, -0.05) is 23.2 Å². The number of urea groups is 1. The molecule has 1 aliphatic heterocycles. The van der Waals surface area contributed by atoms with Crippen molar-refractivity contribution in [1.82, 2.24) is 10.2 Å². The summed E-state index contributed by atoms with van der Waals surface area (Å²) in [7, 11) is 0. The summed E-state index contributed by atoms with van der Waals surface area (Å²) in [5.74, 6) is -2.09. The Morgan fingerprint density at radius 3 is 2.56 bits per heavy atom. The molecule has 1 saturated heterocycles. The smallest absolute Gasteiger partial charge is 0.326 e. The average Bonchev–Trinajstić information content (AvgIpc) is 2.71. The Morgan fingerprint density at radius 2 is 1.96 bits per heavy atom. The molecule has 134 valence electrons. The molecule has 2 N–H and O–H groups in total.